The standard InChI is InChI=1S/C14H16N2O4/c1-19-11-5-3-9-7-10(4-6-13(17)16-20-2)14(18)15-12(9)8-11/h3,5,7-8H,4,6H2,1-2H3,(H,15,18)(H,16,17). The predicted octanol–water partition coefficient (Wildman–Crippen LogP) is 1.15. The number of rotatable bonds is 5. The van der Waals surface area contributed by atoms with Gasteiger partial charge in [0.15, 0.2) is 0 Å². The third-order valence-electron chi connectivity index (χ3n) is 2.97. The van der Waals surface area contributed by atoms with Gasteiger partial charge in [-0.25, -0.2) is 5.48 Å². The molecule has 1 aromatic carbocycles. The Kier molecular flexibility index (Phi) is 4.37. The van der Waals surface area contributed by atoms with E-state index < -0.39 is 0 Å². The van der Waals surface area contributed by atoms with E-state index >= 15 is 0 Å². The number of aromatic amines is 1. The van der Waals surface area contributed by atoms with Gasteiger partial charge >= 0.3 is 0 Å². The van der Waals surface area contributed by atoms with Crippen molar-refractivity contribution in [3.05, 3.63) is 40.2 Å². The molecule has 0 bridgehead atoms. The van der Waals surface area contributed by atoms with Crippen LogP contribution in [0.4, 0.5) is 0 Å². The summed E-state index contributed by atoms with van der Waals surface area (Å²) < 4.78 is 5.11. The van der Waals surface area contributed by atoms with Crippen molar-refractivity contribution >= 4 is 16.8 Å². The maximum absolute atomic E-state index is 11.9. The van der Waals surface area contributed by atoms with Gasteiger partial charge in [-0.05, 0) is 30.0 Å². The molecule has 106 valence electrons. The van der Waals surface area contributed by atoms with Gasteiger partial charge in [-0.15, -0.1) is 0 Å². The van der Waals surface area contributed by atoms with Crippen LogP contribution in [0, 0.1) is 0 Å². The quantitative estimate of drug-likeness (QED) is 0.803. The first-order chi connectivity index (χ1) is 9.63. The summed E-state index contributed by atoms with van der Waals surface area (Å²) in [7, 11) is 2.94. The van der Waals surface area contributed by atoms with Gasteiger partial charge in [-0.1, -0.05) is 0 Å². The zero-order valence-corrected chi connectivity index (χ0v) is 11.4. The van der Waals surface area contributed by atoms with Crippen molar-refractivity contribution in [2.24, 2.45) is 0 Å². The fraction of sp³-hybridized carbons (Fsp3) is 0.286. The van der Waals surface area contributed by atoms with Gasteiger partial charge in [0.2, 0.25) is 5.91 Å². The van der Waals surface area contributed by atoms with E-state index in [1.807, 2.05) is 12.1 Å². The minimum absolute atomic E-state index is 0.193. The number of fused-ring (bicyclic) bond motifs is 1. The Labute approximate surface area is 115 Å². The number of pyridine rings is 1. The molecule has 0 fully saturated rings. The molecular formula is C14H16N2O4. The van der Waals surface area contributed by atoms with Crippen molar-refractivity contribution < 1.29 is 14.4 Å². The summed E-state index contributed by atoms with van der Waals surface area (Å²) in [6.45, 7) is 0. The van der Waals surface area contributed by atoms with Gasteiger partial charge in [0, 0.05) is 18.1 Å². The summed E-state index contributed by atoms with van der Waals surface area (Å²) in [6.07, 6.45) is 0.547. The summed E-state index contributed by atoms with van der Waals surface area (Å²) in [6, 6.07) is 7.23. The average Bonchev–Trinajstić information content (AvgIpc) is 2.44. The minimum atomic E-state index is -0.262. The van der Waals surface area contributed by atoms with E-state index in [1.54, 1.807) is 19.2 Å². The number of hydrogen-bond donors (Lipinski definition) is 2. The molecule has 6 heteroatoms. The minimum Gasteiger partial charge on any atom is -0.497 e. The monoisotopic (exact) mass is 276 g/mol. The third-order valence-corrected chi connectivity index (χ3v) is 2.97. The average molecular weight is 276 g/mol. The van der Waals surface area contributed by atoms with Gasteiger partial charge in [-0.2, -0.15) is 0 Å². The number of hydrogen-bond acceptors (Lipinski definition) is 4. The van der Waals surface area contributed by atoms with Crippen LogP contribution in [-0.2, 0) is 16.1 Å². The molecule has 0 atom stereocenters. The van der Waals surface area contributed by atoms with E-state index in [9.17, 15) is 9.59 Å². The van der Waals surface area contributed by atoms with Gasteiger partial charge in [0.25, 0.3) is 5.56 Å². The molecule has 1 aromatic heterocycles. The van der Waals surface area contributed by atoms with Crippen LogP contribution in [0.5, 0.6) is 5.75 Å². The number of carbonyl (C=O) groups excluding carboxylic acids is 1. The zero-order chi connectivity index (χ0) is 14.5. The number of carbonyl (C=O) groups is 1. The molecule has 0 aliphatic rings. The summed E-state index contributed by atoms with van der Waals surface area (Å²) >= 11 is 0. The molecule has 2 N–H and O–H groups in total. The maximum Gasteiger partial charge on any atom is 0.251 e. The number of amides is 1. The lowest BCUT2D eigenvalue weighted by Gasteiger charge is -2.05. The van der Waals surface area contributed by atoms with Crippen LogP contribution in [0.1, 0.15) is 12.0 Å². The lowest BCUT2D eigenvalue weighted by atomic mass is 10.1. The SMILES string of the molecule is CONC(=O)CCc1cc2ccc(OC)cc2[nH]c1=O. The second-order valence-electron chi connectivity index (χ2n) is 4.31. The van der Waals surface area contributed by atoms with E-state index in [1.165, 1.54) is 7.11 Å². The van der Waals surface area contributed by atoms with E-state index in [4.69, 9.17) is 4.74 Å². The Balaban J connectivity index is 2.24. The first-order valence-electron chi connectivity index (χ1n) is 6.16. The summed E-state index contributed by atoms with van der Waals surface area (Å²) in [5, 5.41) is 0.896. The molecule has 2 aromatic rings. The second kappa shape index (κ2) is 6.21. The number of aryl methyl sites for hydroxylation is 1. The van der Waals surface area contributed by atoms with E-state index in [0.29, 0.717) is 23.3 Å². The summed E-state index contributed by atoms with van der Waals surface area (Å²) in [5.74, 6) is 0.419. The van der Waals surface area contributed by atoms with E-state index in [2.05, 4.69) is 15.3 Å². The molecule has 0 saturated carbocycles. The number of nitrogens with one attached hydrogen (secondary N) is 2. The fourth-order valence-electron chi connectivity index (χ4n) is 1.95. The van der Waals surface area contributed by atoms with Crippen molar-refractivity contribution in [2.45, 2.75) is 12.8 Å². The number of hydroxylamine groups is 1. The Morgan fingerprint density at radius 3 is 2.80 bits per heavy atom. The first-order valence-corrected chi connectivity index (χ1v) is 6.16. The second-order valence-corrected chi connectivity index (χ2v) is 4.31. The van der Waals surface area contributed by atoms with Crippen molar-refractivity contribution in [1.29, 1.82) is 0 Å². The molecule has 0 unspecified atom stereocenters. The van der Waals surface area contributed by atoms with Crippen LogP contribution in [-0.4, -0.2) is 25.1 Å². The lowest BCUT2D eigenvalue weighted by Crippen LogP contribution is -2.23. The molecule has 1 amide bonds. The summed E-state index contributed by atoms with van der Waals surface area (Å²) in [4.78, 5) is 30.6. The highest BCUT2D eigenvalue weighted by Gasteiger charge is 2.07. The predicted molar refractivity (Wildman–Crippen MR) is 74.6 cm³/mol. The number of methoxy groups -OCH3 is 1. The van der Waals surface area contributed by atoms with E-state index in [-0.39, 0.29) is 17.9 Å². The van der Waals surface area contributed by atoms with Crippen molar-refractivity contribution in [3.63, 3.8) is 0 Å². The van der Waals surface area contributed by atoms with Crippen molar-refractivity contribution in [2.75, 3.05) is 14.2 Å². The highest BCUT2D eigenvalue weighted by Crippen LogP contribution is 2.18. The lowest BCUT2D eigenvalue weighted by molar-refractivity contribution is -0.131. The van der Waals surface area contributed by atoms with Crippen LogP contribution < -0.4 is 15.8 Å². The topological polar surface area (TPSA) is 80.4 Å². The third kappa shape index (κ3) is 3.16. The number of benzene rings is 1. The molecule has 2 rings (SSSR count). The first kappa shape index (κ1) is 14.1. The molecule has 0 spiro atoms. The van der Waals surface area contributed by atoms with Crippen LogP contribution in [0.15, 0.2) is 29.1 Å². The smallest absolute Gasteiger partial charge is 0.251 e. The molecule has 0 aliphatic heterocycles. The highest BCUT2D eigenvalue weighted by atomic mass is 16.6. The molecule has 0 saturated heterocycles. The Morgan fingerprint density at radius 2 is 2.10 bits per heavy atom. The van der Waals surface area contributed by atoms with Crippen LogP contribution in [0.3, 0.4) is 0 Å². The van der Waals surface area contributed by atoms with Gasteiger partial charge < -0.3 is 9.72 Å². The zero-order valence-electron chi connectivity index (χ0n) is 11.4. The highest BCUT2D eigenvalue weighted by molar-refractivity contribution is 5.80. The molecular weight excluding hydrogens is 260 g/mol. The molecule has 1 heterocycles. The van der Waals surface area contributed by atoms with Crippen LogP contribution >= 0.6 is 0 Å². The number of H-pyrrole nitrogens is 1. The van der Waals surface area contributed by atoms with Crippen LogP contribution in [0.25, 0.3) is 10.9 Å². The van der Waals surface area contributed by atoms with Gasteiger partial charge in [0.05, 0.1) is 19.7 Å². The van der Waals surface area contributed by atoms with Gasteiger partial charge in [0.1, 0.15) is 5.75 Å². The number of aromatic nitrogens is 1. The Bertz CT molecular complexity index is 678. The Hall–Kier alpha value is -2.34. The van der Waals surface area contributed by atoms with E-state index in [0.717, 1.165) is 5.39 Å². The normalized spacial score (nSPS) is 10.5. The molecule has 20 heavy (non-hydrogen) atoms. The van der Waals surface area contributed by atoms with Crippen LogP contribution in [0.2, 0.25) is 0 Å². The maximum atomic E-state index is 11.9. The Morgan fingerprint density at radius 1 is 1.30 bits per heavy atom. The van der Waals surface area contributed by atoms with Gasteiger partial charge in [-0.3, -0.25) is 14.4 Å². The molecule has 0 aliphatic carbocycles. The molecule has 0 radical (unpaired) electrons. The molecule has 6 nitrogen and oxygen atoms in total. The van der Waals surface area contributed by atoms with Crippen molar-refractivity contribution in [3.8, 4) is 5.75 Å². The number of ether oxygens (including phenoxy) is 1. The fourth-order valence-corrected chi connectivity index (χ4v) is 1.95. The van der Waals surface area contributed by atoms with Crippen molar-refractivity contribution in [1.82, 2.24) is 10.5 Å². The summed E-state index contributed by atoms with van der Waals surface area (Å²) in [5.41, 5.74) is 3.29. The largest absolute Gasteiger partial charge is 0.497 e.